The number of hydrogen-bond donors (Lipinski definition) is 3. The first-order valence-electron chi connectivity index (χ1n) is 3.56. The third kappa shape index (κ3) is 3.43. The largest absolute Gasteiger partial charge is 0.392 e. The van der Waals surface area contributed by atoms with E-state index in [0.717, 1.165) is 6.08 Å². The van der Waals surface area contributed by atoms with Crippen molar-refractivity contribution in [2.45, 2.75) is 6.17 Å². The minimum absolute atomic E-state index is 0.256. The molecule has 4 heteroatoms. The predicted octanol–water partition coefficient (Wildman–Crippen LogP) is -0.836. The van der Waals surface area contributed by atoms with Gasteiger partial charge in [-0.05, 0) is 19.2 Å². The van der Waals surface area contributed by atoms with Crippen molar-refractivity contribution >= 4 is 5.78 Å². The fourth-order valence-corrected chi connectivity index (χ4v) is 0.644. The summed E-state index contributed by atoms with van der Waals surface area (Å²) in [5, 5.41) is 11.5. The third-order valence-corrected chi connectivity index (χ3v) is 1.39. The van der Waals surface area contributed by atoms with E-state index in [9.17, 15) is 4.79 Å². The van der Waals surface area contributed by atoms with Gasteiger partial charge in [-0.2, -0.15) is 0 Å². The maximum absolute atomic E-state index is 11.0. The normalized spacial score (nSPS) is 14.1. The lowest BCUT2D eigenvalue weighted by molar-refractivity contribution is -0.111. The van der Waals surface area contributed by atoms with Crippen LogP contribution >= 0.6 is 0 Å². The lowest BCUT2D eigenvalue weighted by atomic mass is 10.1. The molecule has 0 spiro atoms. The number of rotatable bonds is 5. The number of likely N-dealkylation sites (N-methyl/N-ethyl adjacent to an activating group) is 1. The van der Waals surface area contributed by atoms with E-state index in [1.54, 1.807) is 7.05 Å². The Labute approximate surface area is 71.8 Å². The van der Waals surface area contributed by atoms with Crippen LogP contribution in [0.15, 0.2) is 24.3 Å². The lowest BCUT2D eigenvalue weighted by Gasteiger charge is -2.05. The van der Waals surface area contributed by atoms with Crippen molar-refractivity contribution in [1.82, 2.24) is 5.32 Å². The van der Waals surface area contributed by atoms with Crippen LogP contribution in [0.1, 0.15) is 0 Å². The molecule has 0 saturated carbocycles. The molecule has 0 aromatic carbocycles. The molecule has 4 nitrogen and oxygen atoms in total. The predicted molar refractivity (Wildman–Crippen MR) is 47.4 cm³/mol. The molecule has 0 heterocycles. The number of nitrogens with two attached hydrogens (primary N) is 1. The Balaban J connectivity index is 4.42. The highest BCUT2D eigenvalue weighted by atomic mass is 16.3. The second-order valence-electron chi connectivity index (χ2n) is 2.23. The first-order valence-corrected chi connectivity index (χ1v) is 3.56. The summed E-state index contributed by atoms with van der Waals surface area (Å²) in [5.74, 6) is -0.303. The second kappa shape index (κ2) is 5.65. The quantitative estimate of drug-likeness (QED) is 0.371. The van der Waals surface area contributed by atoms with Crippen LogP contribution in [0.25, 0.3) is 0 Å². The minimum atomic E-state index is -0.420. The molecule has 0 rings (SSSR count). The molecule has 0 amide bonds. The van der Waals surface area contributed by atoms with Crippen molar-refractivity contribution in [1.29, 1.82) is 0 Å². The summed E-state index contributed by atoms with van der Waals surface area (Å²) >= 11 is 0. The van der Waals surface area contributed by atoms with Gasteiger partial charge in [-0.15, -0.1) is 0 Å². The standard InChI is InChI=1S/C8H14N2O2/c1-3-7(12)6(5-11)4-8(9)10-2/h3-4,8,10-11H,1,5,9H2,2H3/b6-4+. The van der Waals surface area contributed by atoms with Crippen LogP contribution in [0.2, 0.25) is 0 Å². The first-order chi connectivity index (χ1) is 5.65. The van der Waals surface area contributed by atoms with E-state index in [1.807, 2.05) is 0 Å². The Morgan fingerprint density at radius 2 is 2.42 bits per heavy atom. The summed E-state index contributed by atoms with van der Waals surface area (Å²) in [7, 11) is 1.66. The number of carbonyl (C=O) groups is 1. The fourth-order valence-electron chi connectivity index (χ4n) is 0.644. The van der Waals surface area contributed by atoms with Gasteiger partial charge in [0, 0.05) is 5.57 Å². The number of nitrogens with one attached hydrogen (secondary N) is 1. The van der Waals surface area contributed by atoms with E-state index in [-0.39, 0.29) is 18.0 Å². The van der Waals surface area contributed by atoms with Gasteiger partial charge in [-0.3, -0.25) is 4.79 Å². The van der Waals surface area contributed by atoms with Crippen LogP contribution in [-0.4, -0.2) is 30.7 Å². The van der Waals surface area contributed by atoms with Crippen molar-refractivity contribution in [3.8, 4) is 0 Å². The van der Waals surface area contributed by atoms with Crippen LogP contribution in [-0.2, 0) is 4.79 Å². The molecule has 0 aromatic heterocycles. The van der Waals surface area contributed by atoms with Gasteiger partial charge in [0.2, 0.25) is 0 Å². The molecule has 0 bridgehead atoms. The summed E-state index contributed by atoms with van der Waals surface area (Å²) in [4.78, 5) is 11.0. The van der Waals surface area contributed by atoms with Gasteiger partial charge in [0.1, 0.15) is 0 Å². The summed E-state index contributed by atoms with van der Waals surface area (Å²) in [5.41, 5.74) is 5.71. The Hall–Kier alpha value is -0.970. The molecule has 12 heavy (non-hydrogen) atoms. The zero-order valence-corrected chi connectivity index (χ0v) is 7.08. The number of ketones is 1. The molecule has 0 aliphatic rings. The Morgan fingerprint density at radius 1 is 1.83 bits per heavy atom. The topological polar surface area (TPSA) is 75.4 Å². The van der Waals surface area contributed by atoms with E-state index in [1.165, 1.54) is 6.08 Å². The van der Waals surface area contributed by atoms with Crippen LogP contribution in [0, 0.1) is 0 Å². The average Bonchev–Trinajstić information content (AvgIpc) is 2.12. The number of aliphatic hydroxyl groups excluding tert-OH is 1. The Bertz CT molecular complexity index is 199. The number of aliphatic hydroxyl groups is 1. The molecule has 1 atom stereocenters. The maximum Gasteiger partial charge on any atom is 0.183 e. The van der Waals surface area contributed by atoms with Crippen molar-refractivity contribution < 1.29 is 9.90 Å². The van der Waals surface area contributed by atoms with E-state index >= 15 is 0 Å². The molecule has 0 fully saturated rings. The highest BCUT2D eigenvalue weighted by Gasteiger charge is 2.05. The third-order valence-electron chi connectivity index (χ3n) is 1.39. The molecule has 4 N–H and O–H groups in total. The molecular weight excluding hydrogens is 156 g/mol. The number of allylic oxidation sites excluding steroid dienone is 1. The van der Waals surface area contributed by atoms with E-state index in [4.69, 9.17) is 10.8 Å². The van der Waals surface area contributed by atoms with E-state index in [2.05, 4.69) is 11.9 Å². The van der Waals surface area contributed by atoms with Gasteiger partial charge in [-0.25, -0.2) is 0 Å². The molecule has 0 radical (unpaired) electrons. The monoisotopic (exact) mass is 170 g/mol. The average molecular weight is 170 g/mol. The van der Waals surface area contributed by atoms with Crippen LogP contribution in [0.5, 0.6) is 0 Å². The fraction of sp³-hybridized carbons (Fsp3) is 0.375. The lowest BCUT2D eigenvalue weighted by Crippen LogP contribution is -2.33. The van der Waals surface area contributed by atoms with Gasteiger partial charge in [0.25, 0.3) is 0 Å². The first kappa shape index (κ1) is 11.0. The summed E-state index contributed by atoms with van der Waals surface area (Å²) in [6, 6.07) is 0. The molecule has 68 valence electrons. The van der Waals surface area contributed by atoms with Crippen molar-refractivity contribution in [3.05, 3.63) is 24.3 Å². The van der Waals surface area contributed by atoms with Gasteiger partial charge < -0.3 is 16.2 Å². The highest BCUT2D eigenvalue weighted by molar-refractivity contribution is 6.03. The van der Waals surface area contributed by atoms with Gasteiger partial charge in [0.15, 0.2) is 5.78 Å². The Kier molecular flexibility index (Phi) is 5.19. The van der Waals surface area contributed by atoms with Gasteiger partial charge in [-0.1, -0.05) is 6.58 Å². The van der Waals surface area contributed by atoms with E-state index < -0.39 is 6.17 Å². The molecule has 1 unspecified atom stereocenters. The molecule has 0 aliphatic carbocycles. The van der Waals surface area contributed by atoms with Gasteiger partial charge >= 0.3 is 0 Å². The van der Waals surface area contributed by atoms with Crippen LogP contribution < -0.4 is 11.1 Å². The number of carbonyl (C=O) groups excluding carboxylic acids is 1. The van der Waals surface area contributed by atoms with Crippen LogP contribution in [0.3, 0.4) is 0 Å². The molecule has 0 saturated heterocycles. The molecule has 0 aliphatic heterocycles. The molecule has 0 aromatic rings. The zero-order chi connectivity index (χ0) is 9.56. The minimum Gasteiger partial charge on any atom is -0.392 e. The van der Waals surface area contributed by atoms with E-state index in [0.29, 0.717) is 0 Å². The summed E-state index contributed by atoms with van der Waals surface area (Å²) in [6.07, 6.45) is 2.19. The SMILES string of the molecule is C=CC(=O)/C(=C/C(N)NC)CO. The smallest absolute Gasteiger partial charge is 0.183 e. The Morgan fingerprint density at radius 3 is 2.75 bits per heavy atom. The van der Waals surface area contributed by atoms with Crippen LogP contribution in [0.4, 0.5) is 0 Å². The van der Waals surface area contributed by atoms with Crippen molar-refractivity contribution in [3.63, 3.8) is 0 Å². The second-order valence-corrected chi connectivity index (χ2v) is 2.23. The summed E-state index contributed by atoms with van der Waals surface area (Å²) in [6.45, 7) is 2.98. The van der Waals surface area contributed by atoms with Gasteiger partial charge in [0.05, 0.1) is 12.8 Å². The molecular formula is C8H14N2O2. The van der Waals surface area contributed by atoms with Crippen molar-refractivity contribution in [2.24, 2.45) is 5.73 Å². The summed E-state index contributed by atoms with van der Waals surface area (Å²) < 4.78 is 0. The number of hydrogen-bond acceptors (Lipinski definition) is 4. The highest BCUT2D eigenvalue weighted by Crippen LogP contribution is 1.96. The zero-order valence-electron chi connectivity index (χ0n) is 7.08. The maximum atomic E-state index is 11.0. The van der Waals surface area contributed by atoms with Crippen molar-refractivity contribution in [2.75, 3.05) is 13.7 Å².